The lowest BCUT2D eigenvalue weighted by molar-refractivity contribution is -0.161. The monoisotopic (exact) mass is 1450 g/mol. The summed E-state index contributed by atoms with van der Waals surface area (Å²) in [6, 6.07) is -15.0. The van der Waals surface area contributed by atoms with Crippen molar-refractivity contribution in [2.24, 2.45) is 46.6 Å². The van der Waals surface area contributed by atoms with Gasteiger partial charge in [-0.05, 0) is 82.4 Å². The molecule has 37 nitrogen and oxygen atoms in total. The normalized spacial score (nSPS) is 23.0. The zero-order valence-electron chi connectivity index (χ0n) is 60.0. The minimum absolute atomic E-state index is 0.0274. The number of primary amides is 3. The molecule has 1 aromatic carbocycles. The Kier molecular flexibility index (Phi) is 36.6. The Bertz CT molecular complexity index is 3140. The van der Waals surface area contributed by atoms with Gasteiger partial charge in [-0.15, -0.1) is 0 Å². The Balaban J connectivity index is 2.86. The molecule has 1 aliphatic heterocycles. The molecule has 1 heterocycles. The number of cyclic esters (lactones) is 1. The molecular weight excluding hydrogens is 1340 g/mol. The van der Waals surface area contributed by atoms with Crippen LogP contribution in [0.15, 0.2) is 36.4 Å². The lowest BCUT2D eigenvalue weighted by Crippen LogP contribution is -2.66. The number of esters is 1. The van der Waals surface area contributed by atoms with Crippen molar-refractivity contribution in [1.82, 2.24) is 57.7 Å². The third-order valence-corrected chi connectivity index (χ3v) is 17.0. The maximum atomic E-state index is 15.0. The number of phenols is 1. The number of hydrogen-bond donors (Lipinski definition) is 17. The van der Waals surface area contributed by atoms with Crippen LogP contribution < -0.4 is 70.8 Å². The number of likely N-dealkylation sites (N-methyl/N-ethyl adjacent to an activating group) is 2. The maximum absolute atomic E-state index is 15.0. The second-order valence-corrected chi connectivity index (χ2v) is 25.9. The molecule has 0 saturated carbocycles. The smallest absolute Gasteiger partial charge is 0.328 e. The summed E-state index contributed by atoms with van der Waals surface area (Å²) < 4.78 is 16.8. The van der Waals surface area contributed by atoms with Crippen LogP contribution in [0.1, 0.15) is 119 Å². The fourth-order valence-corrected chi connectivity index (χ4v) is 10.6. The first kappa shape index (κ1) is 88.7. The maximum Gasteiger partial charge on any atom is 0.328 e. The number of hydrogen-bond acceptors (Lipinski definition) is 23. The Morgan fingerprint density at radius 2 is 1.28 bits per heavy atom. The van der Waals surface area contributed by atoms with Crippen LogP contribution in [0.25, 0.3) is 0 Å². The fourth-order valence-electron chi connectivity index (χ4n) is 10.6. The van der Waals surface area contributed by atoms with Crippen molar-refractivity contribution in [3.05, 3.63) is 42.0 Å². The average molecular weight is 1450 g/mol. The molecule has 0 spiro atoms. The molecule has 37 heteroatoms. The van der Waals surface area contributed by atoms with Crippen molar-refractivity contribution in [3.8, 4) is 5.75 Å². The minimum atomic E-state index is -2.45. The predicted octanol–water partition coefficient (Wildman–Crippen LogP) is -6.27. The number of carbonyl (C=O) groups is 15. The van der Waals surface area contributed by atoms with Crippen molar-refractivity contribution < 1.29 is 107 Å². The zero-order chi connectivity index (χ0) is 77.9. The molecule has 19 atom stereocenters. The van der Waals surface area contributed by atoms with Gasteiger partial charge in [-0.1, -0.05) is 72.2 Å². The molecule has 1 fully saturated rings. The van der Waals surface area contributed by atoms with E-state index in [2.05, 4.69) is 47.9 Å². The summed E-state index contributed by atoms with van der Waals surface area (Å²) >= 11 is 0. The summed E-state index contributed by atoms with van der Waals surface area (Å²) in [4.78, 5) is 211. The summed E-state index contributed by atoms with van der Waals surface area (Å²) in [5.74, 6) is -21.0. The molecule has 14 amide bonds. The van der Waals surface area contributed by atoms with Crippen LogP contribution in [0.3, 0.4) is 0 Å². The molecule has 1 aliphatic rings. The molecule has 21 N–H and O–H groups in total. The summed E-state index contributed by atoms with van der Waals surface area (Å²) in [6.07, 6.45) is -6.11. The topological polar surface area (TPSA) is 583 Å². The van der Waals surface area contributed by atoms with Gasteiger partial charge in [0.05, 0.1) is 31.8 Å². The van der Waals surface area contributed by atoms with E-state index in [4.69, 9.17) is 37.1 Å². The Hall–Kier alpha value is -9.43. The number of rotatable bonds is 32. The zero-order valence-corrected chi connectivity index (χ0v) is 60.0. The summed E-state index contributed by atoms with van der Waals surface area (Å²) in [6.45, 7) is 12.7. The third-order valence-electron chi connectivity index (χ3n) is 17.0. The van der Waals surface area contributed by atoms with Crippen LogP contribution in [-0.2, 0) is 86.1 Å². The number of allylic oxidation sites excluding steroid dienone is 1. The SMILES string of the molecule is CCCC(C)C=CC(O)CC(=O)NC(C(=O)NC(C(=O)NC(C(=O)NC(C(=O)NC1C(=O)NC(COC)C(=O)NCC(=O)NC(CC(C)C)C(=O)N(C)C(CCC(N)=O)C(=O)NC(C(OC)c2ccc(O)cc2)C(=O)N(C)C(C)C(=O)OC1C)C(C)C(C)C(N)=O)C(C)N)C(C)O)C(O)C(N)=O. The minimum Gasteiger partial charge on any atom is -0.508 e. The van der Waals surface area contributed by atoms with Crippen molar-refractivity contribution in [2.45, 2.75) is 205 Å². The van der Waals surface area contributed by atoms with Gasteiger partial charge in [-0.2, -0.15) is 0 Å². The van der Waals surface area contributed by atoms with Crippen molar-refractivity contribution >= 4 is 88.7 Å². The first-order valence-corrected chi connectivity index (χ1v) is 33.1. The number of carbonyl (C=O) groups excluding carboxylic acids is 15. The molecular formula is C65H105N15O22. The standard InChI is InChI=1S/C65H105N15O22/c1-15-16-30(4)17-20-39(83)26-44(85)73-50(52(87)55(69)89)62(96)76-48(35(9)81)60(94)75-47(33(7)66)59(93)74-46(31(5)32(6)54(68)88)58(92)77-49-36(10)102-65(99)34(8)79(11)64(98)51(53(101-14)37-18-21-38(82)22-19-37)78-57(91)42(23-24-43(67)84)80(12)63(97)40(25-29(2)3)71-45(86)27-70-56(90)41(28-100-13)72-61(49)95/h17-22,29-36,39-42,46-53,81-83,87H,15-16,23-28,66H2,1-14H3,(H2,67,84)(H2,68,88)(H2,69,89)(H,70,90)(H,71,86)(H,72,95)(H,73,85)(H,74,93)(H,75,94)(H,76,96)(H,77,92)(H,78,91). The number of aliphatic hydroxyl groups excluding tert-OH is 3. The van der Waals surface area contributed by atoms with E-state index in [0.29, 0.717) is 0 Å². The average Bonchev–Trinajstić information content (AvgIpc) is 0.813. The van der Waals surface area contributed by atoms with Gasteiger partial charge in [0.15, 0.2) is 6.10 Å². The summed E-state index contributed by atoms with van der Waals surface area (Å²) in [5, 5.41) is 63.1. The summed E-state index contributed by atoms with van der Waals surface area (Å²) in [7, 11) is 4.62. The van der Waals surface area contributed by atoms with Crippen LogP contribution in [-0.4, -0.2) is 251 Å². The van der Waals surface area contributed by atoms with Crippen LogP contribution in [0.2, 0.25) is 0 Å². The van der Waals surface area contributed by atoms with Crippen LogP contribution in [0, 0.1) is 23.7 Å². The number of aliphatic hydroxyl groups is 3. The van der Waals surface area contributed by atoms with Gasteiger partial charge in [0, 0.05) is 46.7 Å². The highest BCUT2D eigenvalue weighted by atomic mass is 16.5. The molecule has 1 aromatic rings. The summed E-state index contributed by atoms with van der Waals surface area (Å²) in [5.41, 5.74) is 22.9. The van der Waals surface area contributed by atoms with Crippen molar-refractivity contribution in [1.29, 1.82) is 0 Å². The van der Waals surface area contributed by atoms with E-state index in [1.165, 1.54) is 72.2 Å². The first-order chi connectivity index (χ1) is 47.5. The number of methoxy groups -OCH3 is 2. The number of nitrogens with two attached hydrogens (primary N) is 4. The van der Waals surface area contributed by atoms with E-state index in [1.807, 2.05) is 13.8 Å². The van der Waals surface area contributed by atoms with E-state index in [1.54, 1.807) is 19.9 Å². The van der Waals surface area contributed by atoms with Crippen LogP contribution in [0.5, 0.6) is 5.75 Å². The van der Waals surface area contributed by atoms with Gasteiger partial charge < -0.3 is 115 Å². The molecule has 19 unspecified atom stereocenters. The Morgan fingerprint density at radius 3 is 1.81 bits per heavy atom. The van der Waals surface area contributed by atoms with Gasteiger partial charge in [-0.25, -0.2) is 4.79 Å². The van der Waals surface area contributed by atoms with Gasteiger partial charge in [-0.3, -0.25) is 67.1 Å². The highest BCUT2D eigenvalue weighted by Gasteiger charge is 2.45. The molecule has 0 radical (unpaired) electrons. The number of aromatic hydroxyl groups is 1. The van der Waals surface area contributed by atoms with E-state index in [-0.39, 0.29) is 29.6 Å². The van der Waals surface area contributed by atoms with E-state index < -0.39 is 230 Å². The van der Waals surface area contributed by atoms with E-state index in [9.17, 15) is 82.8 Å². The molecule has 102 heavy (non-hydrogen) atoms. The predicted molar refractivity (Wildman–Crippen MR) is 362 cm³/mol. The molecule has 2 rings (SSSR count). The number of nitrogens with one attached hydrogen (secondary N) is 9. The van der Waals surface area contributed by atoms with Gasteiger partial charge >= 0.3 is 5.97 Å². The van der Waals surface area contributed by atoms with Crippen molar-refractivity contribution in [3.63, 3.8) is 0 Å². The van der Waals surface area contributed by atoms with Gasteiger partial charge in [0.2, 0.25) is 82.7 Å². The number of ether oxygens (including phenoxy) is 3. The fraction of sp³-hybridized carbons (Fsp3) is 0.646. The number of amides is 14. The highest BCUT2D eigenvalue weighted by molar-refractivity contribution is 6.01. The second-order valence-electron chi connectivity index (χ2n) is 25.9. The number of benzene rings is 1. The number of phenolic OH excluding ortho intramolecular Hbond substituents is 1. The van der Waals surface area contributed by atoms with Gasteiger partial charge in [0.1, 0.15) is 78.4 Å². The lowest BCUT2D eigenvalue weighted by Gasteiger charge is -2.36. The quantitative estimate of drug-likeness (QED) is 0.0236. The highest BCUT2D eigenvalue weighted by Crippen LogP contribution is 2.26. The van der Waals surface area contributed by atoms with Gasteiger partial charge in [0.25, 0.3) is 0 Å². The molecule has 572 valence electrons. The van der Waals surface area contributed by atoms with E-state index in [0.717, 1.165) is 50.6 Å². The van der Waals surface area contributed by atoms with Crippen LogP contribution in [0.4, 0.5) is 0 Å². The molecule has 0 aliphatic carbocycles. The number of nitrogens with zero attached hydrogens (tertiary/aromatic N) is 2. The second kappa shape index (κ2) is 42.1. The molecule has 0 aromatic heterocycles. The van der Waals surface area contributed by atoms with Crippen molar-refractivity contribution in [2.75, 3.05) is 41.5 Å². The third kappa shape index (κ3) is 27.2. The molecule has 0 bridgehead atoms. The molecule has 1 saturated heterocycles. The Morgan fingerprint density at radius 1 is 0.706 bits per heavy atom. The van der Waals surface area contributed by atoms with Crippen LogP contribution >= 0.6 is 0 Å². The van der Waals surface area contributed by atoms with E-state index >= 15 is 9.59 Å². The Labute approximate surface area is 591 Å². The largest absolute Gasteiger partial charge is 0.508 e. The lowest BCUT2D eigenvalue weighted by atomic mass is 9.87. The first-order valence-electron chi connectivity index (χ1n) is 33.1.